The first-order valence-electron chi connectivity index (χ1n) is 9.08. The quantitative estimate of drug-likeness (QED) is 0.435. The molecule has 1 aliphatic heterocycles. The van der Waals surface area contributed by atoms with Crippen molar-refractivity contribution in [1.29, 1.82) is 0 Å². The highest BCUT2D eigenvalue weighted by Gasteiger charge is 2.16. The van der Waals surface area contributed by atoms with Crippen molar-refractivity contribution in [3.8, 4) is 11.1 Å². The molecule has 0 aliphatic carbocycles. The normalized spacial score (nSPS) is 17.6. The van der Waals surface area contributed by atoms with E-state index in [1.165, 1.54) is 54.2 Å². The lowest BCUT2D eigenvalue weighted by atomic mass is 9.94. The van der Waals surface area contributed by atoms with Gasteiger partial charge in [-0.25, -0.2) is 0 Å². The van der Waals surface area contributed by atoms with E-state index in [1.54, 1.807) is 11.1 Å². The van der Waals surface area contributed by atoms with Gasteiger partial charge in [-0.05, 0) is 59.7 Å². The van der Waals surface area contributed by atoms with Crippen LogP contribution in [0.5, 0.6) is 0 Å². The van der Waals surface area contributed by atoms with Gasteiger partial charge in [-0.2, -0.15) is 0 Å². The van der Waals surface area contributed by atoms with E-state index < -0.39 is 0 Å². The number of hydrogen-bond acceptors (Lipinski definition) is 0. The Morgan fingerprint density at radius 3 is 2.29 bits per heavy atom. The second-order valence-electron chi connectivity index (χ2n) is 6.63. The van der Waals surface area contributed by atoms with Crippen molar-refractivity contribution in [3.05, 3.63) is 71.3 Å². The number of allylic oxidation sites excluding steroid dienone is 2. The van der Waals surface area contributed by atoms with Crippen molar-refractivity contribution in [2.24, 2.45) is 0 Å². The molecule has 0 nitrogen and oxygen atoms in total. The minimum Gasteiger partial charge on any atom is -0.137 e. The SMILES string of the molecule is CCCP1CC(CCP)=CCc2ccccc2-c2ccccc2C1. The highest BCUT2D eigenvalue weighted by molar-refractivity contribution is 7.57. The summed E-state index contributed by atoms with van der Waals surface area (Å²) in [6.45, 7) is 2.33. The minimum atomic E-state index is 0.0514. The van der Waals surface area contributed by atoms with E-state index in [9.17, 15) is 0 Å². The fourth-order valence-corrected chi connectivity index (χ4v) is 6.68. The Bertz CT molecular complexity index is 703. The molecular weight excluding hydrogens is 326 g/mol. The largest absolute Gasteiger partial charge is 0.137 e. The number of benzene rings is 2. The van der Waals surface area contributed by atoms with Gasteiger partial charge in [-0.15, -0.1) is 9.24 Å². The lowest BCUT2D eigenvalue weighted by molar-refractivity contribution is 1.05. The standard InChI is InChI=1S/C22H28P2/c1-2-15-24-16-18(13-14-23)11-12-19-7-3-5-9-21(19)22-10-6-4-8-20(22)17-24/h3-11H,2,12-17,23H2,1H3. The molecule has 126 valence electrons. The summed E-state index contributed by atoms with van der Waals surface area (Å²) in [5, 5.41) is 0. The molecule has 0 radical (unpaired) electrons. The molecule has 2 aromatic rings. The van der Waals surface area contributed by atoms with Gasteiger partial charge in [0.1, 0.15) is 0 Å². The van der Waals surface area contributed by atoms with Crippen molar-refractivity contribution in [3.63, 3.8) is 0 Å². The fraction of sp³-hybridized carbons (Fsp3) is 0.364. The molecule has 2 aromatic carbocycles. The summed E-state index contributed by atoms with van der Waals surface area (Å²) < 4.78 is 0. The Morgan fingerprint density at radius 1 is 0.917 bits per heavy atom. The Hall–Kier alpha value is -0.960. The van der Waals surface area contributed by atoms with Crippen molar-refractivity contribution in [2.45, 2.75) is 32.3 Å². The fourth-order valence-electron chi connectivity index (χ4n) is 3.63. The van der Waals surface area contributed by atoms with E-state index in [2.05, 4.69) is 70.8 Å². The van der Waals surface area contributed by atoms with E-state index in [0.29, 0.717) is 0 Å². The van der Waals surface area contributed by atoms with Crippen LogP contribution in [-0.4, -0.2) is 18.5 Å². The first-order chi connectivity index (χ1) is 11.8. The summed E-state index contributed by atoms with van der Waals surface area (Å²) in [5.74, 6) is 0. The average molecular weight is 354 g/mol. The van der Waals surface area contributed by atoms with Crippen molar-refractivity contribution >= 4 is 17.2 Å². The number of rotatable bonds is 4. The molecule has 2 atom stereocenters. The molecule has 24 heavy (non-hydrogen) atoms. The summed E-state index contributed by atoms with van der Waals surface area (Å²) in [7, 11) is 2.96. The molecule has 0 aromatic heterocycles. The van der Waals surface area contributed by atoms with Crippen LogP contribution in [0.15, 0.2) is 60.2 Å². The van der Waals surface area contributed by atoms with Gasteiger partial charge in [0.05, 0.1) is 0 Å². The zero-order chi connectivity index (χ0) is 16.8. The molecule has 2 unspecified atom stereocenters. The third-order valence-corrected chi connectivity index (χ3v) is 7.77. The highest BCUT2D eigenvalue weighted by atomic mass is 31.1. The molecule has 1 heterocycles. The van der Waals surface area contributed by atoms with Gasteiger partial charge in [-0.1, -0.05) is 81.4 Å². The summed E-state index contributed by atoms with van der Waals surface area (Å²) >= 11 is 0. The predicted octanol–water partition coefficient (Wildman–Crippen LogP) is 6.49. The Balaban J connectivity index is 2.07. The Kier molecular flexibility index (Phi) is 6.65. The third kappa shape index (κ3) is 4.36. The van der Waals surface area contributed by atoms with E-state index >= 15 is 0 Å². The first-order valence-corrected chi connectivity index (χ1v) is 11.8. The lowest BCUT2D eigenvalue weighted by Crippen LogP contribution is -2.03. The van der Waals surface area contributed by atoms with Gasteiger partial charge >= 0.3 is 0 Å². The lowest BCUT2D eigenvalue weighted by Gasteiger charge is -2.23. The average Bonchev–Trinajstić information content (AvgIpc) is 2.61. The second-order valence-corrected chi connectivity index (χ2v) is 9.63. The summed E-state index contributed by atoms with van der Waals surface area (Å²) in [4.78, 5) is 0. The molecular formula is C22H28P2. The maximum absolute atomic E-state index is 2.90. The maximum Gasteiger partial charge on any atom is -0.00641 e. The van der Waals surface area contributed by atoms with E-state index in [4.69, 9.17) is 0 Å². The van der Waals surface area contributed by atoms with Crippen LogP contribution in [0, 0.1) is 0 Å². The molecule has 0 amide bonds. The summed E-state index contributed by atoms with van der Waals surface area (Å²) in [6.07, 6.45) is 11.3. The second kappa shape index (κ2) is 8.94. The molecule has 0 saturated carbocycles. The van der Waals surface area contributed by atoms with Gasteiger partial charge in [0.15, 0.2) is 0 Å². The van der Waals surface area contributed by atoms with E-state index in [-0.39, 0.29) is 7.92 Å². The van der Waals surface area contributed by atoms with Crippen LogP contribution >= 0.6 is 17.2 Å². The van der Waals surface area contributed by atoms with Crippen LogP contribution in [0.4, 0.5) is 0 Å². The van der Waals surface area contributed by atoms with Crippen molar-refractivity contribution in [2.75, 3.05) is 18.5 Å². The maximum atomic E-state index is 2.90. The van der Waals surface area contributed by atoms with Crippen molar-refractivity contribution < 1.29 is 0 Å². The molecule has 0 bridgehead atoms. The smallest absolute Gasteiger partial charge is 0.00641 e. The molecule has 2 heteroatoms. The monoisotopic (exact) mass is 354 g/mol. The number of hydrogen-bond donors (Lipinski definition) is 0. The molecule has 0 saturated heterocycles. The summed E-state index contributed by atoms with van der Waals surface area (Å²) in [6, 6.07) is 18.1. The van der Waals surface area contributed by atoms with Crippen LogP contribution < -0.4 is 0 Å². The van der Waals surface area contributed by atoms with Crippen molar-refractivity contribution in [1.82, 2.24) is 0 Å². The van der Waals surface area contributed by atoms with Crippen LogP contribution in [0.2, 0.25) is 0 Å². The zero-order valence-corrected chi connectivity index (χ0v) is 16.7. The van der Waals surface area contributed by atoms with E-state index in [1.807, 2.05) is 0 Å². The third-order valence-electron chi connectivity index (χ3n) is 4.76. The molecule has 0 N–H and O–H groups in total. The van der Waals surface area contributed by atoms with Crippen LogP contribution in [0.1, 0.15) is 30.9 Å². The highest BCUT2D eigenvalue weighted by Crippen LogP contribution is 2.45. The van der Waals surface area contributed by atoms with Gasteiger partial charge in [0, 0.05) is 0 Å². The molecule has 3 rings (SSSR count). The predicted molar refractivity (Wildman–Crippen MR) is 114 cm³/mol. The van der Waals surface area contributed by atoms with Gasteiger partial charge in [0.2, 0.25) is 0 Å². The molecule has 0 spiro atoms. The van der Waals surface area contributed by atoms with Gasteiger partial charge in [-0.3, -0.25) is 0 Å². The molecule has 0 fully saturated rings. The zero-order valence-electron chi connectivity index (χ0n) is 14.7. The minimum absolute atomic E-state index is 0.0514. The van der Waals surface area contributed by atoms with Crippen LogP contribution in [0.25, 0.3) is 11.1 Å². The summed E-state index contributed by atoms with van der Waals surface area (Å²) in [5.41, 5.74) is 7.59. The van der Waals surface area contributed by atoms with E-state index in [0.717, 1.165) is 6.42 Å². The Morgan fingerprint density at radius 2 is 1.58 bits per heavy atom. The van der Waals surface area contributed by atoms with Crippen LogP contribution in [0.3, 0.4) is 0 Å². The van der Waals surface area contributed by atoms with Gasteiger partial charge in [0.25, 0.3) is 0 Å². The topological polar surface area (TPSA) is 0 Å². The van der Waals surface area contributed by atoms with Gasteiger partial charge < -0.3 is 0 Å². The Labute approximate surface area is 150 Å². The first kappa shape index (κ1) is 17.8. The van der Waals surface area contributed by atoms with Crippen LogP contribution in [-0.2, 0) is 12.6 Å². The number of fused-ring (bicyclic) bond motifs is 3. The molecule has 1 aliphatic rings.